The van der Waals surface area contributed by atoms with E-state index in [4.69, 9.17) is 5.26 Å². The molecule has 0 radical (unpaired) electrons. The van der Waals surface area contributed by atoms with Gasteiger partial charge in [0.1, 0.15) is 0 Å². The van der Waals surface area contributed by atoms with Crippen LogP contribution in [0.15, 0.2) is 6.20 Å². The summed E-state index contributed by atoms with van der Waals surface area (Å²) in [4.78, 5) is 5.35. The summed E-state index contributed by atoms with van der Waals surface area (Å²) in [6.45, 7) is 8.07. The third-order valence-electron chi connectivity index (χ3n) is 1.91. The Balaban J connectivity index is 3.00. The number of hydrogen-bond donors (Lipinski definition) is 0. The minimum absolute atomic E-state index is 0.398. The average molecular weight is 194 g/mol. The standard InChI is InChI=1S/C10H14N2S/c1-7(2)9-12-5-8(13-9)10(3,4)6-11/h5,7H,1-4H3. The van der Waals surface area contributed by atoms with Crippen molar-refractivity contribution in [3.63, 3.8) is 0 Å². The Morgan fingerprint density at radius 2 is 2.15 bits per heavy atom. The van der Waals surface area contributed by atoms with Crippen LogP contribution in [-0.2, 0) is 5.41 Å². The maximum atomic E-state index is 8.92. The number of aromatic nitrogens is 1. The van der Waals surface area contributed by atoms with Gasteiger partial charge in [0.05, 0.1) is 16.5 Å². The van der Waals surface area contributed by atoms with E-state index >= 15 is 0 Å². The van der Waals surface area contributed by atoms with Gasteiger partial charge < -0.3 is 0 Å². The Kier molecular flexibility index (Phi) is 2.72. The molecule has 13 heavy (non-hydrogen) atoms. The fourth-order valence-electron chi connectivity index (χ4n) is 0.899. The predicted molar refractivity (Wildman–Crippen MR) is 54.8 cm³/mol. The monoisotopic (exact) mass is 194 g/mol. The van der Waals surface area contributed by atoms with Crippen molar-refractivity contribution in [3.05, 3.63) is 16.1 Å². The highest BCUT2D eigenvalue weighted by atomic mass is 32.1. The molecule has 3 heteroatoms. The molecule has 0 N–H and O–H groups in total. The van der Waals surface area contributed by atoms with Gasteiger partial charge in [0.15, 0.2) is 0 Å². The summed E-state index contributed by atoms with van der Waals surface area (Å²) in [5.74, 6) is 0.452. The fourth-order valence-corrected chi connectivity index (χ4v) is 1.87. The van der Waals surface area contributed by atoms with E-state index in [-0.39, 0.29) is 0 Å². The summed E-state index contributed by atoms with van der Waals surface area (Å²) in [7, 11) is 0. The molecule has 0 aliphatic heterocycles. The highest BCUT2D eigenvalue weighted by Gasteiger charge is 2.23. The van der Waals surface area contributed by atoms with Gasteiger partial charge in [0, 0.05) is 17.0 Å². The lowest BCUT2D eigenvalue weighted by atomic mass is 9.95. The van der Waals surface area contributed by atoms with Crippen LogP contribution in [0.1, 0.15) is 43.5 Å². The number of nitriles is 1. The number of thiazole rings is 1. The molecule has 0 fully saturated rings. The second kappa shape index (κ2) is 3.47. The molecule has 0 atom stereocenters. The first kappa shape index (κ1) is 10.2. The molecule has 0 saturated carbocycles. The van der Waals surface area contributed by atoms with E-state index in [0.717, 1.165) is 9.88 Å². The molecular formula is C10H14N2S. The first-order valence-electron chi connectivity index (χ1n) is 4.35. The van der Waals surface area contributed by atoms with E-state index in [9.17, 15) is 0 Å². The molecule has 1 rings (SSSR count). The highest BCUT2D eigenvalue weighted by molar-refractivity contribution is 7.11. The molecule has 2 nitrogen and oxygen atoms in total. The Hall–Kier alpha value is -0.880. The van der Waals surface area contributed by atoms with Crippen molar-refractivity contribution < 1.29 is 0 Å². The van der Waals surface area contributed by atoms with Gasteiger partial charge in [0.2, 0.25) is 0 Å². The van der Waals surface area contributed by atoms with E-state index in [0.29, 0.717) is 5.92 Å². The predicted octanol–water partition coefficient (Wildman–Crippen LogP) is 3.07. The van der Waals surface area contributed by atoms with Crippen LogP contribution >= 0.6 is 11.3 Å². The third kappa shape index (κ3) is 2.07. The molecule has 0 aliphatic carbocycles. The van der Waals surface area contributed by atoms with Gasteiger partial charge in [-0.25, -0.2) is 4.98 Å². The summed E-state index contributed by atoms with van der Waals surface area (Å²) in [5, 5.41) is 10.0. The van der Waals surface area contributed by atoms with Crippen LogP contribution in [-0.4, -0.2) is 4.98 Å². The number of rotatable bonds is 2. The number of nitrogens with zero attached hydrogens (tertiary/aromatic N) is 2. The van der Waals surface area contributed by atoms with Gasteiger partial charge in [-0.15, -0.1) is 11.3 Å². The zero-order valence-corrected chi connectivity index (χ0v) is 9.27. The van der Waals surface area contributed by atoms with Gasteiger partial charge in [-0.2, -0.15) is 5.26 Å². The maximum Gasteiger partial charge on any atom is 0.0953 e. The summed E-state index contributed by atoms with van der Waals surface area (Å²) < 4.78 is 0. The Bertz CT molecular complexity index is 331. The van der Waals surface area contributed by atoms with Gasteiger partial charge >= 0.3 is 0 Å². The van der Waals surface area contributed by atoms with E-state index in [1.54, 1.807) is 11.3 Å². The van der Waals surface area contributed by atoms with Crippen molar-refractivity contribution in [2.45, 2.75) is 39.0 Å². The molecular weight excluding hydrogens is 180 g/mol. The topological polar surface area (TPSA) is 36.7 Å². The molecule has 0 saturated heterocycles. The quantitative estimate of drug-likeness (QED) is 0.725. The number of hydrogen-bond acceptors (Lipinski definition) is 3. The molecule has 1 heterocycles. The zero-order chi connectivity index (χ0) is 10.1. The molecule has 0 amide bonds. The molecule has 0 aliphatic rings. The van der Waals surface area contributed by atoms with Gasteiger partial charge in [-0.05, 0) is 13.8 Å². The summed E-state index contributed by atoms with van der Waals surface area (Å²) in [6, 6.07) is 2.28. The molecule has 0 unspecified atom stereocenters. The van der Waals surface area contributed by atoms with Crippen LogP contribution in [0.5, 0.6) is 0 Å². The maximum absolute atomic E-state index is 8.92. The van der Waals surface area contributed by atoms with Crippen LogP contribution in [0.4, 0.5) is 0 Å². The Labute approximate surface area is 83.2 Å². The highest BCUT2D eigenvalue weighted by Crippen LogP contribution is 2.30. The van der Waals surface area contributed by atoms with Crippen LogP contribution in [0, 0.1) is 11.3 Å². The third-order valence-corrected chi connectivity index (χ3v) is 3.53. The smallest absolute Gasteiger partial charge is 0.0953 e. The lowest BCUT2D eigenvalue weighted by molar-refractivity contribution is 0.701. The second-order valence-electron chi connectivity index (χ2n) is 3.95. The lowest BCUT2D eigenvalue weighted by Crippen LogP contribution is -2.11. The van der Waals surface area contributed by atoms with Crippen molar-refractivity contribution in [1.82, 2.24) is 4.98 Å². The van der Waals surface area contributed by atoms with Crippen molar-refractivity contribution in [1.29, 1.82) is 5.26 Å². The second-order valence-corrected chi connectivity index (χ2v) is 5.02. The van der Waals surface area contributed by atoms with E-state index in [2.05, 4.69) is 24.9 Å². The Morgan fingerprint density at radius 1 is 1.54 bits per heavy atom. The van der Waals surface area contributed by atoms with E-state index in [1.807, 2.05) is 20.0 Å². The van der Waals surface area contributed by atoms with E-state index in [1.165, 1.54) is 0 Å². The molecule has 0 aromatic carbocycles. The van der Waals surface area contributed by atoms with Crippen molar-refractivity contribution in [3.8, 4) is 6.07 Å². The van der Waals surface area contributed by atoms with Crippen molar-refractivity contribution >= 4 is 11.3 Å². The molecule has 0 bridgehead atoms. The summed E-state index contributed by atoms with van der Waals surface area (Å²) in [6.07, 6.45) is 1.82. The van der Waals surface area contributed by atoms with Crippen LogP contribution in [0.3, 0.4) is 0 Å². The molecule has 1 aromatic heterocycles. The largest absolute Gasteiger partial charge is 0.249 e. The first-order chi connectivity index (χ1) is 5.97. The minimum Gasteiger partial charge on any atom is -0.249 e. The lowest BCUT2D eigenvalue weighted by Gasteiger charge is -2.10. The average Bonchev–Trinajstić information content (AvgIpc) is 2.52. The van der Waals surface area contributed by atoms with Gasteiger partial charge in [-0.1, -0.05) is 13.8 Å². The van der Waals surface area contributed by atoms with Crippen LogP contribution in [0.2, 0.25) is 0 Å². The van der Waals surface area contributed by atoms with Gasteiger partial charge in [0.25, 0.3) is 0 Å². The van der Waals surface area contributed by atoms with Crippen LogP contribution in [0.25, 0.3) is 0 Å². The van der Waals surface area contributed by atoms with E-state index < -0.39 is 5.41 Å². The Morgan fingerprint density at radius 3 is 2.54 bits per heavy atom. The van der Waals surface area contributed by atoms with Crippen molar-refractivity contribution in [2.75, 3.05) is 0 Å². The van der Waals surface area contributed by atoms with Crippen LogP contribution < -0.4 is 0 Å². The minimum atomic E-state index is -0.398. The SMILES string of the molecule is CC(C)c1ncc(C(C)(C)C#N)s1. The zero-order valence-electron chi connectivity index (χ0n) is 8.46. The molecule has 1 aromatic rings. The van der Waals surface area contributed by atoms with Gasteiger partial charge in [-0.3, -0.25) is 0 Å². The normalized spacial score (nSPS) is 11.7. The van der Waals surface area contributed by atoms with Crippen molar-refractivity contribution in [2.24, 2.45) is 0 Å². The fraction of sp³-hybridized carbons (Fsp3) is 0.600. The first-order valence-corrected chi connectivity index (χ1v) is 5.16. The summed E-state index contributed by atoms with van der Waals surface area (Å²) >= 11 is 1.64. The molecule has 70 valence electrons. The molecule has 0 spiro atoms. The summed E-state index contributed by atoms with van der Waals surface area (Å²) in [5.41, 5.74) is -0.398.